The predicted molar refractivity (Wildman–Crippen MR) is 104 cm³/mol. The van der Waals surface area contributed by atoms with Gasteiger partial charge in [-0.1, -0.05) is 35.0 Å². The summed E-state index contributed by atoms with van der Waals surface area (Å²) in [5.41, 5.74) is 3.39. The number of aryl methyl sites for hydroxylation is 1. The Morgan fingerprint density at radius 2 is 1.86 bits per heavy atom. The number of ether oxygens (including phenoxy) is 1. The maximum atomic E-state index is 13.2. The molecule has 0 saturated heterocycles. The van der Waals surface area contributed by atoms with Crippen LogP contribution in [0.1, 0.15) is 11.1 Å². The molecule has 0 aliphatic heterocycles. The number of hydrogen-bond acceptors (Lipinski definition) is 6. The minimum absolute atomic E-state index is 0.168. The largest absolute Gasteiger partial charge is 0.467 e. The predicted octanol–water partition coefficient (Wildman–Crippen LogP) is 3.43. The summed E-state index contributed by atoms with van der Waals surface area (Å²) in [7, 11) is 0. The van der Waals surface area contributed by atoms with E-state index in [0.717, 1.165) is 11.1 Å². The Balaban J connectivity index is 1.47. The Morgan fingerprint density at radius 3 is 2.62 bits per heavy atom. The van der Waals surface area contributed by atoms with Crippen LogP contribution in [0.25, 0.3) is 22.4 Å². The highest BCUT2D eigenvalue weighted by molar-refractivity contribution is 5.93. The first-order valence-electron chi connectivity index (χ1n) is 8.91. The first-order valence-corrected chi connectivity index (χ1v) is 8.91. The van der Waals surface area contributed by atoms with E-state index in [9.17, 15) is 9.18 Å². The normalized spacial score (nSPS) is 10.8. The van der Waals surface area contributed by atoms with Crippen molar-refractivity contribution in [2.24, 2.45) is 0 Å². The topological polar surface area (TPSA) is 90.1 Å². The van der Waals surface area contributed by atoms with E-state index < -0.39 is 0 Å². The number of fused-ring (bicyclic) bond motifs is 1. The summed E-state index contributed by atoms with van der Waals surface area (Å²) < 4.78 is 24.0. The zero-order chi connectivity index (χ0) is 20.2. The lowest BCUT2D eigenvalue weighted by atomic mass is 10.1. The van der Waals surface area contributed by atoms with Crippen molar-refractivity contribution < 1.29 is 18.4 Å². The third kappa shape index (κ3) is 4.21. The molecule has 0 unspecified atom stereocenters. The van der Waals surface area contributed by atoms with Crippen molar-refractivity contribution in [3.63, 3.8) is 0 Å². The van der Waals surface area contributed by atoms with E-state index in [2.05, 4.69) is 20.4 Å². The Labute approximate surface area is 165 Å². The average Bonchev–Trinajstić information content (AvgIpc) is 3.17. The maximum Gasteiger partial charge on any atom is 0.265 e. The highest BCUT2D eigenvalue weighted by atomic mass is 19.1. The van der Waals surface area contributed by atoms with Crippen molar-refractivity contribution >= 4 is 17.0 Å². The molecule has 0 radical (unpaired) electrons. The molecule has 0 aliphatic carbocycles. The molecule has 1 N–H and O–H groups in total. The van der Waals surface area contributed by atoms with E-state index in [4.69, 9.17) is 9.26 Å². The lowest BCUT2D eigenvalue weighted by Gasteiger charge is -2.08. The van der Waals surface area contributed by atoms with E-state index in [1.54, 1.807) is 12.1 Å². The second-order valence-corrected chi connectivity index (χ2v) is 6.45. The molecule has 8 heteroatoms. The molecule has 2 aromatic heterocycles. The SMILES string of the molecule is Cc1ccc(CNC(=O)COc2ncnc3onc(-c4ccc(F)cc4)c23)cc1. The van der Waals surface area contributed by atoms with Gasteiger partial charge < -0.3 is 14.6 Å². The van der Waals surface area contributed by atoms with Crippen molar-refractivity contribution in [1.29, 1.82) is 0 Å². The second-order valence-electron chi connectivity index (χ2n) is 6.45. The quantitative estimate of drug-likeness (QED) is 0.541. The van der Waals surface area contributed by atoms with Crippen LogP contribution in [0.2, 0.25) is 0 Å². The second kappa shape index (κ2) is 8.05. The van der Waals surface area contributed by atoms with Gasteiger partial charge in [0.25, 0.3) is 11.6 Å². The number of hydrogen-bond donors (Lipinski definition) is 1. The first kappa shape index (κ1) is 18.5. The van der Waals surface area contributed by atoms with E-state index in [1.807, 2.05) is 31.2 Å². The molecule has 4 rings (SSSR count). The van der Waals surface area contributed by atoms with Crippen LogP contribution in [0.5, 0.6) is 5.88 Å². The highest BCUT2D eigenvalue weighted by Gasteiger charge is 2.18. The van der Waals surface area contributed by atoms with E-state index in [1.165, 1.54) is 18.5 Å². The van der Waals surface area contributed by atoms with Gasteiger partial charge in [-0.25, -0.2) is 9.37 Å². The number of carbonyl (C=O) groups excluding carboxylic acids is 1. The van der Waals surface area contributed by atoms with Crippen LogP contribution < -0.4 is 10.1 Å². The summed E-state index contributed by atoms with van der Waals surface area (Å²) in [6, 6.07) is 13.6. The molecule has 0 fully saturated rings. The molecular formula is C21H17FN4O3. The van der Waals surface area contributed by atoms with Gasteiger partial charge in [0.2, 0.25) is 5.88 Å². The van der Waals surface area contributed by atoms with Gasteiger partial charge in [0.15, 0.2) is 6.61 Å². The summed E-state index contributed by atoms with van der Waals surface area (Å²) in [5, 5.41) is 7.20. The molecule has 29 heavy (non-hydrogen) atoms. The fraction of sp³-hybridized carbons (Fsp3) is 0.143. The van der Waals surface area contributed by atoms with Crippen LogP contribution in [0.3, 0.4) is 0 Å². The Kier molecular flexibility index (Phi) is 5.15. The summed E-state index contributed by atoms with van der Waals surface area (Å²) >= 11 is 0. The molecular weight excluding hydrogens is 375 g/mol. The smallest absolute Gasteiger partial charge is 0.265 e. The van der Waals surface area contributed by atoms with Gasteiger partial charge in [-0.15, -0.1) is 0 Å². The average molecular weight is 392 g/mol. The Hall–Kier alpha value is -3.81. The summed E-state index contributed by atoms with van der Waals surface area (Å²) in [4.78, 5) is 20.3. The third-order valence-electron chi connectivity index (χ3n) is 4.31. The van der Waals surface area contributed by atoms with Crippen molar-refractivity contribution in [3.8, 4) is 17.1 Å². The molecule has 0 spiro atoms. The van der Waals surface area contributed by atoms with Gasteiger partial charge in [-0.05, 0) is 36.8 Å². The van der Waals surface area contributed by atoms with Crippen LogP contribution in [-0.2, 0) is 11.3 Å². The van der Waals surface area contributed by atoms with Gasteiger partial charge in [0.05, 0.1) is 0 Å². The Bertz CT molecular complexity index is 1140. The number of amides is 1. The third-order valence-corrected chi connectivity index (χ3v) is 4.31. The monoisotopic (exact) mass is 392 g/mol. The zero-order valence-corrected chi connectivity index (χ0v) is 15.6. The molecule has 2 aromatic carbocycles. The number of aromatic nitrogens is 3. The standard InChI is InChI=1S/C21H17FN4O3/c1-13-2-4-14(5-3-13)10-23-17(27)11-28-20-18-19(15-6-8-16(22)9-7-15)26-29-21(18)25-12-24-20/h2-9,12H,10-11H2,1H3,(H,23,27). The fourth-order valence-corrected chi connectivity index (χ4v) is 2.77. The van der Waals surface area contributed by atoms with E-state index in [0.29, 0.717) is 23.2 Å². The lowest BCUT2D eigenvalue weighted by Crippen LogP contribution is -2.28. The number of rotatable bonds is 6. The van der Waals surface area contributed by atoms with Gasteiger partial charge in [0.1, 0.15) is 23.2 Å². The van der Waals surface area contributed by atoms with Crippen LogP contribution in [0, 0.1) is 12.7 Å². The first-order chi connectivity index (χ1) is 14.1. The van der Waals surface area contributed by atoms with Crippen LogP contribution >= 0.6 is 0 Å². The molecule has 0 aliphatic rings. The van der Waals surface area contributed by atoms with E-state index in [-0.39, 0.29) is 29.9 Å². The van der Waals surface area contributed by atoms with Crippen LogP contribution in [-0.4, -0.2) is 27.6 Å². The molecule has 7 nitrogen and oxygen atoms in total. The van der Waals surface area contributed by atoms with Gasteiger partial charge in [-0.3, -0.25) is 4.79 Å². The minimum Gasteiger partial charge on any atom is -0.467 e. The highest BCUT2D eigenvalue weighted by Crippen LogP contribution is 2.32. The molecule has 1 amide bonds. The van der Waals surface area contributed by atoms with Crippen LogP contribution in [0.4, 0.5) is 4.39 Å². The van der Waals surface area contributed by atoms with Crippen molar-refractivity contribution in [3.05, 3.63) is 71.8 Å². The maximum absolute atomic E-state index is 13.2. The minimum atomic E-state index is -0.362. The van der Waals surface area contributed by atoms with Gasteiger partial charge >= 0.3 is 0 Å². The number of benzene rings is 2. The molecule has 146 valence electrons. The Morgan fingerprint density at radius 1 is 1.10 bits per heavy atom. The molecule has 0 saturated carbocycles. The molecule has 0 atom stereocenters. The van der Waals surface area contributed by atoms with Gasteiger partial charge in [0, 0.05) is 12.1 Å². The summed E-state index contributed by atoms with van der Waals surface area (Å²) in [6.07, 6.45) is 1.27. The van der Waals surface area contributed by atoms with Crippen molar-refractivity contribution in [2.45, 2.75) is 13.5 Å². The molecule has 2 heterocycles. The number of halogens is 1. The number of nitrogens with one attached hydrogen (secondary N) is 1. The van der Waals surface area contributed by atoms with E-state index >= 15 is 0 Å². The van der Waals surface area contributed by atoms with Gasteiger partial charge in [-0.2, -0.15) is 4.98 Å². The molecule has 0 bridgehead atoms. The fourth-order valence-electron chi connectivity index (χ4n) is 2.77. The summed E-state index contributed by atoms with van der Waals surface area (Å²) in [5.74, 6) is -0.488. The number of carbonyl (C=O) groups is 1. The summed E-state index contributed by atoms with van der Waals surface area (Å²) in [6.45, 7) is 2.17. The molecule has 4 aromatic rings. The van der Waals surface area contributed by atoms with Crippen molar-refractivity contribution in [1.82, 2.24) is 20.4 Å². The number of nitrogens with zero attached hydrogens (tertiary/aromatic N) is 3. The lowest BCUT2D eigenvalue weighted by molar-refractivity contribution is -0.123. The zero-order valence-electron chi connectivity index (χ0n) is 15.6. The van der Waals surface area contributed by atoms with Crippen molar-refractivity contribution in [2.75, 3.05) is 6.61 Å². The van der Waals surface area contributed by atoms with Crippen LogP contribution in [0.15, 0.2) is 59.4 Å².